The number of carbonyl (C=O) groups excluding carboxylic acids is 3. The van der Waals surface area contributed by atoms with Gasteiger partial charge in [-0.2, -0.15) is 8.42 Å². The molecule has 3 aromatic rings. The summed E-state index contributed by atoms with van der Waals surface area (Å²) in [4.78, 5) is 35.5. The molecule has 3 rings (SSSR count). The first kappa shape index (κ1) is 24.0. The van der Waals surface area contributed by atoms with Crippen LogP contribution in [0.5, 0.6) is 5.75 Å². The van der Waals surface area contributed by atoms with E-state index in [1.54, 1.807) is 31.4 Å². The summed E-state index contributed by atoms with van der Waals surface area (Å²) in [5, 5.41) is 4.30. The molecule has 0 radical (unpaired) electrons. The number of esters is 1. The van der Waals surface area contributed by atoms with Crippen molar-refractivity contribution in [3.63, 3.8) is 0 Å². The normalized spacial score (nSPS) is 11.0. The van der Waals surface area contributed by atoms with E-state index in [0.717, 1.165) is 16.9 Å². The molecule has 2 aromatic carbocycles. The second-order valence-corrected chi connectivity index (χ2v) is 9.41. The van der Waals surface area contributed by atoms with Crippen LogP contribution < -0.4 is 15.2 Å². The fourth-order valence-electron chi connectivity index (χ4n) is 2.77. The number of primary amides is 1. The molecule has 0 aliphatic heterocycles. The molecule has 0 spiro atoms. The van der Waals surface area contributed by atoms with Gasteiger partial charge in [-0.25, -0.2) is 4.79 Å². The zero-order chi connectivity index (χ0) is 24.2. The fraction of sp³-hybridized carbons (Fsp3) is 0.136. The van der Waals surface area contributed by atoms with Gasteiger partial charge in [0.15, 0.2) is 6.61 Å². The molecule has 9 nitrogen and oxygen atoms in total. The molecule has 0 aliphatic rings. The molecule has 172 valence electrons. The van der Waals surface area contributed by atoms with E-state index >= 15 is 0 Å². The van der Waals surface area contributed by atoms with Crippen LogP contribution in [0, 0.1) is 13.8 Å². The van der Waals surface area contributed by atoms with Crippen molar-refractivity contribution >= 4 is 44.2 Å². The van der Waals surface area contributed by atoms with Crippen molar-refractivity contribution in [1.29, 1.82) is 0 Å². The van der Waals surface area contributed by atoms with Crippen LogP contribution in [0.1, 0.15) is 31.8 Å². The van der Waals surface area contributed by atoms with Gasteiger partial charge in [-0.15, -0.1) is 11.3 Å². The molecular weight excluding hydrogens is 468 g/mol. The molecular formula is C22H20N2O7S2. The Kier molecular flexibility index (Phi) is 7.14. The number of aryl methyl sites for hydroxylation is 2. The number of carbonyl (C=O) groups is 3. The standard InChI is InChI=1S/C22H20N2O7S2/c1-13-3-4-14(2)18(11-13)33(28,29)31-16-7-5-15(6-8-16)22(27)30-12-19(25)24-21-17(20(23)26)9-10-32-21/h3-11H,12H2,1-2H3,(H2,23,26)(H,24,25). The first-order valence-electron chi connectivity index (χ1n) is 9.53. The van der Waals surface area contributed by atoms with Crippen molar-refractivity contribution in [1.82, 2.24) is 0 Å². The Balaban J connectivity index is 1.60. The maximum atomic E-state index is 12.6. The number of nitrogens with two attached hydrogens (primary N) is 1. The van der Waals surface area contributed by atoms with Crippen LogP contribution in [0.4, 0.5) is 5.00 Å². The van der Waals surface area contributed by atoms with Gasteiger partial charge in [0.2, 0.25) is 0 Å². The Morgan fingerprint density at radius 1 is 1.03 bits per heavy atom. The molecule has 11 heteroatoms. The van der Waals surface area contributed by atoms with Gasteiger partial charge in [0.05, 0.1) is 11.1 Å². The number of ether oxygens (including phenoxy) is 1. The van der Waals surface area contributed by atoms with Gasteiger partial charge < -0.3 is 20.0 Å². The predicted molar refractivity (Wildman–Crippen MR) is 122 cm³/mol. The minimum atomic E-state index is -4.06. The summed E-state index contributed by atoms with van der Waals surface area (Å²) in [7, 11) is -4.06. The third-order valence-electron chi connectivity index (χ3n) is 4.43. The highest BCUT2D eigenvalue weighted by Crippen LogP contribution is 2.24. The van der Waals surface area contributed by atoms with Crippen LogP contribution in [0.2, 0.25) is 0 Å². The molecule has 0 fully saturated rings. The highest BCUT2D eigenvalue weighted by molar-refractivity contribution is 7.87. The molecule has 0 bridgehead atoms. The zero-order valence-corrected chi connectivity index (χ0v) is 19.3. The topological polar surface area (TPSA) is 142 Å². The van der Waals surface area contributed by atoms with Gasteiger partial charge in [-0.3, -0.25) is 9.59 Å². The minimum Gasteiger partial charge on any atom is -0.452 e. The minimum absolute atomic E-state index is 0.0156. The monoisotopic (exact) mass is 488 g/mol. The number of thiophene rings is 1. The van der Waals surface area contributed by atoms with Crippen LogP contribution in [0.15, 0.2) is 58.8 Å². The largest absolute Gasteiger partial charge is 0.452 e. The van der Waals surface area contributed by atoms with Gasteiger partial charge >= 0.3 is 16.1 Å². The lowest BCUT2D eigenvalue weighted by Crippen LogP contribution is -2.22. The van der Waals surface area contributed by atoms with E-state index in [1.807, 2.05) is 0 Å². The van der Waals surface area contributed by atoms with Crippen molar-refractivity contribution in [2.45, 2.75) is 18.7 Å². The Hall–Kier alpha value is -3.70. The number of nitrogens with one attached hydrogen (secondary N) is 1. The average molecular weight is 489 g/mol. The lowest BCUT2D eigenvalue weighted by atomic mass is 10.2. The van der Waals surface area contributed by atoms with Gasteiger partial charge in [0.1, 0.15) is 15.6 Å². The third-order valence-corrected chi connectivity index (χ3v) is 6.65. The number of hydrogen-bond acceptors (Lipinski definition) is 8. The Bertz CT molecular complexity index is 1310. The van der Waals surface area contributed by atoms with E-state index in [1.165, 1.54) is 36.4 Å². The second kappa shape index (κ2) is 9.84. The van der Waals surface area contributed by atoms with Gasteiger partial charge in [0.25, 0.3) is 11.8 Å². The van der Waals surface area contributed by atoms with Crippen molar-refractivity contribution in [2.24, 2.45) is 5.73 Å². The number of hydrogen-bond donors (Lipinski definition) is 2. The summed E-state index contributed by atoms with van der Waals surface area (Å²) in [6.07, 6.45) is 0. The first-order valence-corrected chi connectivity index (χ1v) is 11.8. The summed E-state index contributed by atoms with van der Waals surface area (Å²) in [6.45, 7) is 2.85. The molecule has 0 aliphatic carbocycles. The van der Waals surface area contributed by atoms with Crippen molar-refractivity contribution in [3.8, 4) is 5.75 Å². The summed E-state index contributed by atoms with van der Waals surface area (Å²) in [6, 6.07) is 11.7. The van der Waals surface area contributed by atoms with Crippen molar-refractivity contribution in [2.75, 3.05) is 11.9 Å². The Labute approximate surface area is 194 Å². The molecule has 0 atom stereocenters. The summed E-state index contributed by atoms with van der Waals surface area (Å²) < 4.78 is 35.3. The van der Waals surface area contributed by atoms with E-state index in [0.29, 0.717) is 5.56 Å². The van der Waals surface area contributed by atoms with Gasteiger partial charge in [-0.05, 0) is 66.8 Å². The lowest BCUT2D eigenvalue weighted by Gasteiger charge is -2.10. The predicted octanol–water partition coefficient (Wildman–Crippen LogP) is 3.03. The van der Waals surface area contributed by atoms with E-state index in [9.17, 15) is 22.8 Å². The molecule has 0 saturated carbocycles. The van der Waals surface area contributed by atoms with Gasteiger partial charge in [0, 0.05) is 0 Å². The maximum absolute atomic E-state index is 12.6. The lowest BCUT2D eigenvalue weighted by molar-refractivity contribution is -0.119. The molecule has 0 unspecified atom stereocenters. The molecule has 1 heterocycles. The summed E-state index contributed by atoms with van der Waals surface area (Å²) >= 11 is 1.11. The maximum Gasteiger partial charge on any atom is 0.339 e. The number of rotatable bonds is 8. The average Bonchev–Trinajstić information content (AvgIpc) is 3.22. The first-order chi connectivity index (χ1) is 15.6. The smallest absolute Gasteiger partial charge is 0.339 e. The molecule has 2 amide bonds. The van der Waals surface area contributed by atoms with Crippen LogP contribution in [-0.2, 0) is 19.6 Å². The SMILES string of the molecule is Cc1ccc(C)c(S(=O)(=O)Oc2ccc(C(=O)OCC(=O)Nc3sccc3C(N)=O)cc2)c1. The molecule has 3 N–H and O–H groups in total. The van der Waals surface area contributed by atoms with Crippen molar-refractivity contribution < 1.29 is 31.7 Å². The van der Waals surface area contributed by atoms with Gasteiger partial charge in [-0.1, -0.05) is 12.1 Å². The second-order valence-electron chi connectivity index (χ2n) is 6.98. The molecule has 1 aromatic heterocycles. The highest BCUT2D eigenvalue weighted by Gasteiger charge is 2.20. The summed E-state index contributed by atoms with van der Waals surface area (Å²) in [5.41, 5.74) is 6.78. The van der Waals surface area contributed by atoms with E-state index in [-0.39, 0.29) is 26.8 Å². The van der Waals surface area contributed by atoms with E-state index < -0.39 is 34.5 Å². The number of amides is 2. The Morgan fingerprint density at radius 3 is 2.39 bits per heavy atom. The van der Waals surface area contributed by atoms with E-state index in [4.69, 9.17) is 14.7 Å². The van der Waals surface area contributed by atoms with Crippen LogP contribution >= 0.6 is 11.3 Å². The third kappa shape index (κ3) is 5.96. The zero-order valence-electron chi connectivity index (χ0n) is 17.7. The molecule has 0 saturated heterocycles. The number of benzene rings is 2. The van der Waals surface area contributed by atoms with Crippen LogP contribution in [-0.4, -0.2) is 32.8 Å². The van der Waals surface area contributed by atoms with Crippen LogP contribution in [0.25, 0.3) is 0 Å². The fourth-order valence-corrected chi connectivity index (χ4v) is 4.83. The van der Waals surface area contributed by atoms with E-state index in [2.05, 4.69) is 5.32 Å². The quantitative estimate of drug-likeness (QED) is 0.367. The molecule has 33 heavy (non-hydrogen) atoms. The van der Waals surface area contributed by atoms with Crippen LogP contribution in [0.3, 0.4) is 0 Å². The summed E-state index contributed by atoms with van der Waals surface area (Å²) in [5.74, 6) is -2.12. The van der Waals surface area contributed by atoms with Crippen molar-refractivity contribution in [3.05, 3.63) is 76.2 Å². The highest BCUT2D eigenvalue weighted by atomic mass is 32.2. The Morgan fingerprint density at radius 2 is 1.73 bits per heavy atom. The number of anilines is 1.